The largest absolute Gasteiger partial charge is 0.507 e. The number of aryl methyl sites for hydroxylation is 1. The third-order valence-electron chi connectivity index (χ3n) is 6.13. The van der Waals surface area contributed by atoms with E-state index < -0.39 is 6.04 Å². The maximum absolute atomic E-state index is 13.6. The minimum Gasteiger partial charge on any atom is -0.507 e. The quantitative estimate of drug-likeness (QED) is 0.288. The first kappa shape index (κ1) is 22.8. The van der Waals surface area contributed by atoms with Gasteiger partial charge in [0.1, 0.15) is 17.1 Å². The van der Waals surface area contributed by atoms with E-state index in [-0.39, 0.29) is 11.7 Å². The van der Waals surface area contributed by atoms with Crippen molar-refractivity contribution in [3.63, 3.8) is 0 Å². The van der Waals surface area contributed by atoms with Crippen LogP contribution in [0.25, 0.3) is 11.3 Å². The number of fused-ring (bicyclic) bond motifs is 1. The van der Waals surface area contributed by atoms with Crippen molar-refractivity contribution < 1.29 is 9.90 Å². The number of benzene rings is 3. The maximum atomic E-state index is 13.6. The number of H-pyrrole nitrogens is 1. The molecular weight excluding hydrogens is 489 g/mol. The topological polar surface area (TPSA) is 69.2 Å². The standard InChI is InChI=1S/C26H21Cl2N3O2S/c1-14-11-21(32)18(12-20(14)28)23-22-24(30-29-23)26(33)31(13-16-5-3-4-6-19(16)27)25(22)15-7-9-17(34-2)10-8-15/h3-12,25,32H,13H2,1-2H3,(H,29,30). The molecule has 1 atom stereocenters. The van der Waals surface area contributed by atoms with Crippen LogP contribution in [-0.4, -0.2) is 32.4 Å². The molecule has 34 heavy (non-hydrogen) atoms. The summed E-state index contributed by atoms with van der Waals surface area (Å²) in [6.07, 6.45) is 2.02. The van der Waals surface area contributed by atoms with Crippen LogP contribution in [0.3, 0.4) is 0 Å². The van der Waals surface area contributed by atoms with E-state index >= 15 is 0 Å². The molecule has 172 valence electrons. The molecule has 1 amide bonds. The Morgan fingerprint density at radius 3 is 2.53 bits per heavy atom. The van der Waals surface area contributed by atoms with Crippen LogP contribution in [0.15, 0.2) is 65.6 Å². The Bertz CT molecular complexity index is 1400. The first-order valence-corrected chi connectivity index (χ1v) is 12.6. The molecule has 0 radical (unpaired) electrons. The number of aromatic nitrogens is 2. The molecule has 0 saturated carbocycles. The van der Waals surface area contributed by atoms with E-state index in [1.165, 1.54) is 0 Å². The smallest absolute Gasteiger partial charge is 0.273 e. The Morgan fingerprint density at radius 1 is 1.09 bits per heavy atom. The van der Waals surface area contributed by atoms with Gasteiger partial charge >= 0.3 is 0 Å². The molecule has 0 bridgehead atoms. The average Bonchev–Trinajstić information content (AvgIpc) is 3.37. The second-order valence-corrected chi connectivity index (χ2v) is 9.87. The van der Waals surface area contributed by atoms with Gasteiger partial charge in [-0.05, 0) is 60.2 Å². The van der Waals surface area contributed by atoms with Crippen LogP contribution < -0.4 is 0 Å². The molecule has 4 aromatic rings. The van der Waals surface area contributed by atoms with Gasteiger partial charge < -0.3 is 10.0 Å². The van der Waals surface area contributed by atoms with Crippen LogP contribution in [0.1, 0.15) is 38.8 Å². The Labute approximate surface area is 211 Å². The minimum atomic E-state index is -0.414. The number of nitrogens with zero attached hydrogens (tertiary/aromatic N) is 2. The van der Waals surface area contributed by atoms with Gasteiger partial charge in [0.2, 0.25) is 0 Å². The van der Waals surface area contributed by atoms with E-state index in [9.17, 15) is 9.90 Å². The number of halogens is 2. The molecule has 0 fully saturated rings. The van der Waals surface area contributed by atoms with Gasteiger partial charge in [-0.25, -0.2) is 0 Å². The second kappa shape index (κ2) is 9.02. The average molecular weight is 510 g/mol. The highest BCUT2D eigenvalue weighted by molar-refractivity contribution is 7.98. The third-order valence-corrected chi connectivity index (χ3v) is 7.65. The molecule has 1 unspecified atom stereocenters. The van der Waals surface area contributed by atoms with Crippen LogP contribution >= 0.6 is 35.0 Å². The number of aromatic hydroxyl groups is 1. The lowest BCUT2D eigenvalue weighted by atomic mass is 9.95. The number of rotatable bonds is 5. The van der Waals surface area contributed by atoms with Crippen LogP contribution in [-0.2, 0) is 6.54 Å². The summed E-state index contributed by atoms with van der Waals surface area (Å²) in [5.74, 6) is -0.116. The lowest BCUT2D eigenvalue weighted by molar-refractivity contribution is 0.0730. The summed E-state index contributed by atoms with van der Waals surface area (Å²) in [4.78, 5) is 16.5. The highest BCUT2D eigenvalue weighted by Crippen LogP contribution is 2.46. The van der Waals surface area contributed by atoms with Crippen molar-refractivity contribution in [3.05, 3.63) is 98.7 Å². The van der Waals surface area contributed by atoms with Crippen molar-refractivity contribution in [2.75, 3.05) is 6.26 Å². The Hall–Kier alpha value is -2.93. The molecule has 1 aliphatic rings. The molecule has 1 aromatic heterocycles. The van der Waals surface area contributed by atoms with E-state index in [0.717, 1.165) is 21.6 Å². The molecule has 2 N–H and O–H groups in total. The number of carbonyl (C=O) groups is 1. The minimum absolute atomic E-state index is 0.0599. The number of amides is 1. The fourth-order valence-electron chi connectivity index (χ4n) is 4.36. The number of carbonyl (C=O) groups excluding carboxylic acids is 1. The summed E-state index contributed by atoms with van der Waals surface area (Å²) >= 11 is 14.5. The SMILES string of the molecule is CSc1ccc(C2c3c(-c4cc(Cl)c(C)cc4O)n[nH]c3C(=O)N2Cc2ccccc2Cl)cc1. The van der Waals surface area contributed by atoms with Crippen molar-refractivity contribution in [1.82, 2.24) is 15.1 Å². The van der Waals surface area contributed by atoms with Gasteiger partial charge in [0.25, 0.3) is 5.91 Å². The summed E-state index contributed by atoms with van der Waals surface area (Å²) in [7, 11) is 0. The number of phenols is 1. The van der Waals surface area contributed by atoms with Crippen LogP contribution in [0, 0.1) is 6.92 Å². The monoisotopic (exact) mass is 509 g/mol. The van der Waals surface area contributed by atoms with Gasteiger partial charge in [-0.1, -0.05) is 53.5 Å². The number of nitrogens with one attached hydrogen (secondary N) is 1. The highest BCUT2D eigenvalue weighted by Gasteiger charge is 2.42. The molecule has 8 heteroatoms. The lowest BCUT2D eigenvalue weighted by Gasteiger charge is -2.27. The third kappa shape index (κ3) is 3.86. The van der Waals surface area contributed by atoms with Gasteiger partial charge in [-0.15, -0.1) is 11.8 Å². The first-order valence-electron chi connectivity index (χ1n) is 10.6. The van der Waals surface area contributed by atoms with E-state index in [1.54, 1.807) is 28.8 Å². The zero-order valence-corrected chi connectivity index (χ0v) is 20.8. The molecule has 3 aromatic carbocycles. The summed E-state index contributed by atoms with van der Waals surface area (Å²) in [6, 6.07) is 18.5. The molecule has 0 spiro atoms. The lowest BCUT2D eigenvalue weighted by Crippen LogP contribution is -2.29. The van der Waals surface area contributed by atoms with Gasteiger partial charge in [-0.3, -0.25) is 9.89 Å². The van der Waals surface area contributed by atoms with Crippen LogP contribution in [0.2, 0.25) is 10.0 Å². The number of hydrogen-bond donors (Lipinski definition) is 2. The van der Waals surface area contributed by atoms with Gasteiger partial charge in [-0.2, -0.15) is 5.10 Å². The molecule has 5 nitrogen and oxygen atoms in total. The van der Waals surface area contributed by atoms with Crippen LogP contribution in [0.5, 0.6) is 5.75 Å². The number of aromatic amines is 1. The zero-order valence-electron chi connectivity index (χ0n) is 18.5. The Morgan fingerprint density at radius 2 is 1.82 bits per heavy atom. The zero-order chi connectivity index (χ0) is 24.0. The number of thioether (sulfide) groups is 1. The number of phenolic OH excluding ortho intramolecular Hbond substituents is 1. The summed E-state index contributed by atoms with van der Waals surface area (Å²) in [5.41, 5.74) is 4.65. The maximum Gasteiger partial charge on any atom is 0.273 e. The van der Waals surface area contributed by atoms with Crippen molar-refractivity contribution in [1.29, 1.82) is 0 Å². The summed E-state index contributed by atoms with van der Waals surface area (Å²) in [6.45, 7) is 2.15. The summed E-state index contributed by atoms with van der Waals surface area (Å²) in [5, 5.41) is 19.2. The second-order valence-electron chi connectivity index (χ2n) is 8.18. The fourth-order valence-corrected chi connectivity index (χ4v) is 5.13. The van der Waals surface area contributed by atoms with Gasteiger partial charge in [0.05, 0.1) is 6.04 Å². The van der Waals surface area contributed by atoms with E-state index in [2.05, 4.69) is 10.2 Å². The molecule has 0 aliphatic carbocycles. The van der Waals surface area contributed by atoms with Crippen molar-refractivity contribution in [2.45, 2.75) is 24.4 Å². The predicted molar refractivity (Wildman–Crippen MR) is 137 cm³/mol. The highest BCUT2D eigenvalue weighted by atomic mass is 35.5. The Kier molecular flexibility index (Phi) is 6.06. The molecular formula is C26H21Cl2N3O2S. The fraction of sp³-hybridized carbons (Fsp3) is 0.154. The van der Waals surface area contributed by atoms with Crippen molar-refractivity contribution in [2.24, 2.45) is 0 Å². The van der Waals surface area contributed by atoms with Gasteiger partial charge in [0.15, 0.2) is 0 Å². The van der Waals surface area contributed by atoms with Crippen molar-refractivity contribution >= 4 is 40.9 Å². The molecule has 1 aliphatic heterocycles. The summed E-state index contributed by atoms with van der Waals surface area (Å²) < 4.78 is 0. The molecule has 5 rings (SSSR count). The normalized spacial score (nSPS) is 15.1. The molecule has 2 heterocycles. The Balaban J connectivity index is 1.68. The van der Waals surface area contributed by atoms with Crippen molar-refractivity contribution in [3.8, 4) is 17.0 Å². The predicted octanol–water partition coefficient (Wildman–Crippen LogP) is 6.86. The number of hydrogen-bond acceptors (Lipinski definition) is 4. The van der Waals surface area contributed by atoms with Gasteiger partial charge in [0, 0.05) is 32.6 Å². The van der Waals surface area contributed by atoms with E-state index in [0.29, 0.717) is 39.1 Å². The van der Waals surface area contributed by atoms with E-state index in [4.69, 9.17) is 23.2 Å². The van der Waals surface area contributed by atoms with Crippen LogP contribution in [0.4, 0.5) is 0 Å². The van der Waals surface area contributed by atoms with E-state index in [1.807, 2.05) is 61.7 Å². The molecule has 0 saturated heterocycles. The first-order chi connectivity index (χ1) is 16.4.